The molecule has 1 saturated heterocycles. The summed E-state index contributed by atoms with van der Waals surface area (Å²) in [5.41, 5.74) is 0.688. The van der Waals surface area contributed by atoms with Gasteiger partial charge >= 0.3 is 0 Å². The Hall–Kier alpha value is -2.34. The zero-order valence-corrected chi connectivity index (χ0v) is 12.3. The number of nitrogens with zero attached hydrogens (tertiary/aromatic N) is 2. The summed E-state index contributed by atoms with van der Waals surface area (Å²) in [6, 6.07) is 9.61. The summed E-state index contributed by atoms with van der Waals surface area (Å²) in [5, 5.41) is 7.11. The molecule has 1 N–H and O–H groups in total. The van der Waals surface area contributed by atoms with Crippen LogP contribution in [0.2, 0.25) is 0 Å². The first-order valence-corrected chi connectivity index (χ1v) is 7.41. The maximum Gasteiger partial charge on any atom is 0.262 e. The van der Waals surface area contributed by atoms with Gasteiger partial charge < -0.3 is 14.8 Å². The third kappa shape index (κ3) is 3.85. The van der Waals surface area contributed by atoms with Gasteiger partial charge in [-0.1, -0.05) is 18.2 Å². The van der Waals surface area contributed by atoms with Crippen molar-refractivity contribution in [3.8, 4) is 5.75 Å². The summed E-state index contributed by atoms with van der Waals surface area (Å²) in [6.45, 7) is 1.50. The number of hydrogen-bond donors (Lipinski definition) is 1. The first-order valence-electron chi connectivity index (χ1n) is 7.41. The number of para-hydroxylation sites is 1. The molecule has 1 aromatic heterocycles. The molecule has 0 unspecified atom stereocenters. The Kier molecular flexibility index (Phi) is 4.70. The van der Waals surface area contributed by atoms with Crippen LogP contribution >= 0.6 is 0 Å². The van der Waals surface area contributed by atoms with E-state index in [4.69, 9.17) is 9.47 Å². The Morgan fingerprint density at radius 3 is 2.86 bits per heavy atom. The minimum atomic E-state index is -0.199. The van der Waals surface area contributed by atoms with E-state index in [-0.39, 0.29) is 12.5 Å². The smallest absolute Gasteiger partial charge is 0.262 e. The molecule has 6 nitrogen and oxygen atoms in total. The van der Waals surface area contributed by atoms with Crippen molar-refractivity contribution in [2.24, 2.45) is 0 Å². The lowest BCUT2D eigenvalue weighted by Gasteiger charge is -2.22. The van der Waals surface area contributed by atoms with E-state index in [0.717, 1.165) is 26.1 Å². The van der Waals surface area contributed by atoms with E-state index in [2.05, 4.69) is 10.4 Å². The fraction of sp³-hybridized carbons (Fsp3) is 0.375. The van der Waals surface area contributed by atoms with Crippen LogP contribution in [-0.2, 0) is 9.53 Å². The maximum atomic E-state index is 11.9. The minimum Gasteiger partial charge on any atom is -0.484 e. The molecule has 116 valence electrons. The molecule has 1 amide bonds. The van der Waals surface area contributed by atoms with Gasteiger partial charge in [0.15, 0.2) is 6.61 Å². The lowest BCUT2D eigenvalue weighted by Crippen LogP contribution is -2.21. The summed E-state index contributed by atoms with van der Waals surface area (Å²) >= 11 is 0. The van der Waals surface area contributed by atoms with Crippen molar-refractivity contribution in [2.45, 2.75) is 18.9 Å². The second-order valence-electron chi connectivity index (χ2n) is 5.20. The summed E-state index contributed by atoms with van der Waals surface area (Å²) < 4.78 is 12.6. The molecule has 3 rings (SSSR count). The van der Waals surface area contributed by atoms with Crippen molar-refractivity contribution < 1.29 is 14.3 Å². The molecular formula is C16H19N3O3. The van der Waals surface area contributed by atoms with Gasteiger partial charge in [-0.05, 0) is 25.0 Å². The average Bonchev–Trinajstić information content (AvgIpc) is 3.03. The van der Waals surface area contributed by atoms with Crippen LogP contribution in [0.5, 0.6) is 5.75 Å². The summed E-state index contributed by atoms with van der Waals surface area (Å²) in [6.07, 6.45) is 5.42. The largest absolute Gasteiger partial charge is 0.484 e. The number of ether oxygens (including phenoxy) is 2. The molecule has 1 aliphatic rings. The number of anilines is 1. The van der Waals surface area contributed by atoms with E-state index in [1.165, 1.54) is 0 Å². The van der Waals surface area contributed by atoms with Crippen molar-refractivity contribution in [1.82, 2.24) is 9.78 Å². The van der Waals surface area contributed by atoms with Crippen LogP contribution < -0.4 is 10.1 Å². The number of aromatic nitrogens is 2. The number of rotatable bonds is 5. The summed E-state index contributed by atoms with van der Waals surface area (Å²) in [4.78, 5) is 11.9. The molecule has 1 aliphatic heterocycles. The van der Waals surface area contributed by atoms with Crippen LogP contribution in [0.25, 0.3) is 0 Å². The molecule has 1 aromatic carbocycles. The molecular weight excluding hydrogens is 282 g/mol. The van der Waals surface area contributed by atoms with Gasteiger partial charge in [-0.15, -0.1) is 0 Å². The predicted octanol–water partition coefficient (Wildman–Crippen LogP) is 2.25. The number of carbonyl (C=O) groups excluding carboxylic acids is 1. The minimum absolute atomic E-state index is 0.0214. The topological polar surface area (TPSA) is 65.4 Å². The highest BCUT2D eigenvalue weighted by molar-refractivity contribution is 5.91. The molecule has 0 atom stereocenters. The molecule has 0 spiro atoms. The van der Waals surface area contributed by atoms with Crippen molar-refractivity contribution in [2.75, 3.05) is 25.1 Å². The lowest BCUT2D eigenvalue weighted by molar-refractivity contribution is -0.118. The van der Waals surface area contributed by atoms with E-state index >= 15 is 0 Å². The van der Waals surface area contributed by atoms with E-state index in [9.17, 15) is 4.79 Å². The van der Waals surface area contributed by atoms with Gasteiger partial charge in [-0.25, -0.2) is 0 Å². The van der Waals surface area contributed by atoms with Gasteiger partial charge in [-0.2, -0.15) is 5.10 Å². The van der Waals surface area contributed by atoms with E-state index in [0.29, 0.717) is 17.5 Å². The molecule has 0 bridgehead atoms. The van der Waals surface area contributed by atoms with Gasteiger partial charge in [-0.3, -0.25) is 9.48 Å². The molecule has 0 radical (unpaired) electrons. The van der Waals surface area contributed by atoms with E-state index < -0.39 is 0 Å². The Labute approximate surface area is 129 Å². The maximum absolute atomic E-state index is 11.9. The highest BCUT2D eigenvalue weighted by atomic mass is 16.5. The number of amides is 1. The van der Waals surface area contributed by atoms with Gasteiger partial charge in [0, 0.05) is 19.4 Å². The number of carbonyl (C=O) groups is 1. The van der Waals surface area contributed by atoms with Crippen molar-refractivity contribution in [1.29, 1.82) is 0 Å². The molecule has 2 aromatic rings. The van der Waals surface area contributed by atoms with E-state index in [1.54, 1.807) is 6.20 Å². The van der Waals surface area contributed by atoms with Crippen molar-refractivity contribution in [3.05, 3.63) is 42.7 Å². The van der Waals surface area contributed by atoms with Crippen LogP contribution in [0.15, 0.2) is 42.7 Å². The first kappa shape index (κ1) is 14.6. The zero-order valence-electron chi connectivity index (χ0n) is 12.3. The van der Waals surface area contributed by atoms with E-state index in [1.807, 2.05) is 41.2 Å². The molecule has 22 heavy (non-hydrogen) atoms. The molecule has 1 fully saturated rings. The Morgan fingerprint density at radius 2 is 2.09 bits per heavy atom. The standard InChI is InChI=1S/C16H19N3O3/c20-16(12-22-15-4-2-1-3-5-15)18-13-10-17-19(11-13)14-6-8-21-9-7-14/h1-5,10-11,14H,6-9,12H2,(H,18,20). The fourth-order valence-electron chi connectivity index (χ4n) is 2.41. The third-order valence-electron chi connectivity index (χ3n) is 3.56. The summed E-state index contributed by atoms with van der Waals surface area (Å²) in [7, 11) is 0. The lowest BCUT2D eigenvalue weighted by atomic mass is 10.1. The number of nitrogens with one attached hydrogen (secondary N) is 1. The van der Waals surface area contributed by atoms with Crippen LogP contribution in [0.4, 0.5) is 5.69 Å². The quantitative estimate of drug-likeness (QED) is 0.920. The zero-order chi connectivity index (χ0) is 15.2. The molecule has 2 heterocycles. The van der Waals surface area contributed by atoms with Crippen molar-refractivity contribution in [3.63, 3.8) is 0 Å². The Bertz CT molecular complexity index is 606. The molecule has 0 saturated carbocycles. The SMILES string of the molecule is O=C(COc1ccccc1)Nc1cnn(C2CCOCC2)c1. The van der Waals surface area contributed by atoms with Gasteiger partial charge in [0.1, 0.15) is 5.75 Å². The van der Waals surface area contributed by atoms with Crippen LogP contribution in [0.1, 0.15) is 18.9 Å². The Morgan fingerprint density at radius 1 is 1.32 bits per heavy atom. The number of hydrogen-bond acceptors (Lipinski definition) is 4. The second kappa shape index (κ2) is 7.09. The monoisotopic (exact) mass is 301 g/mol. The molecule has 6 heteroatoms. The van der Waals surface area contributed by atoms with Crippen LogP contribution in [-0.4, -0.2) is 35.5 Å². The van der Waals surface area contributed by atoms with Crippen molar-refractivity contribution >= 4 is 11.6 Å². The first-order chi connectivity index (χ1) is 10.8. The average molecular weight is 301 g/mol. The Balaban J connectivity index is 1.50. The fourth-order valence-corrected chi connectivity index (χ4v) is 2.41. The van der Waals surface area contributed by atoms with Gasteiger partial charge in [0.25, 0.3) is 5.91 Å². The number of benzene rings is 1. The summed E-state index contributed by atoms with van der Waals surface area (Å²) in [5.74, 6) is 0.478. The highest BCUT2D eigenvalue weighted by Crippen LogP contribution is 2.21. The molecule has 0 aliphatic carbocycles. The van der Waals surface area contributed by atoms with Crippen LogP contribution in [0.3, 0.4) is 0 Å². The predicted molar refractivity (Wildman–Crippen MR) is 81.9 cm³/mol. The third-order valence-corrected chi connectivity index (χ3v) is 3.56. The normalized spacial score (nSPS) is 15.5. The van der Waals surface area contributed by atoms with Gasteiger partial charge in [0.05, 0.1) is 17.9 Å². The van der Waals surface area contributed by atoms with Gasteiger partial charge in [0.2, 0.25) is 0 Å². The van der Waals surface area contributed by atoms with Crippen LogP contribution in [0, 0.1) is 0 Å². The second-order valence-corrected chi connectivity index (χ2v) is 5.20. The highest BCUT2D eigenvalue weighted by Gasteiger charge is 2.16.